The Balaban J connectivity index is 3.06. The van der Waals surface area contributed by atoms with Crippen LogP contribution in [-0.2, 0) is 0 Å². The van der Waals surface area contributed by atoms with Gasteiger partial charge in [-0.3, -0.25) is 10.1 Å². The van der Waals surface area contributed by atoms with E-state index in [2.05, 4.69) is 0 Å². The maximum absolute atomic E-state index is 12.2. The van der Waals surface area contributed by atoms with Crippen molar-refractivity contribution in [2.45, 2.75) is 12.5 Å². The highest BCUT2D eigenvalue weighted by molar-refractivity contribution is 6.32. The third-order valence-corrected chi connectivity index (χ3v) is 2.13. The largest absolute Gasteiger partial charge is 0.319 e. The van der Waals surface area contributed by atoms with Gasteiger partial charge in [-0.25, -0.2) is 8.78 Å². The summed E-state index contributed by atoms with van der Waals surface area (Å²) in [5.41, 5.74) is 4.89. The highest BCUT2D eigenvalue weighted by Crippen LogP contribution is 2.28. The summed E-state index contributed by atoms with van der Waals surface area (Å²) in [4.78, 5) is 9.68. The Hall–Kier alpha value is -1.27. The molecule has 1 unspecified atom stereocenters. The van der Waals surface area contributed by atoms with E-state index in [0.717, 1.165) is 12.1 Å². The van der Waals surface area contributed by atoms with Gasteiger partial charge in [-0.05, 0) is 11.6 Å². The van der Waals surface area contributed by atoms with Crippen molar-refractivity contribution in [1.82, 2.24) is 0 Å². The molecule has 82 valence electrons. The van der Waals surface area contributed by atoms with Crippen LogP contribution < -0.4 is 5.73 Å². The Kier molecular flexibility index (Phi) is 3.54. The lowest BCUT2D eigenvalue weighted by Crippen LogP contribution is -2.18. The van der Waals surface area contributed by atoms with Crippen molar-refractivity contribution in [3.05, 3.63) is 38.9 Å². The first kappa shape index (κ1) is 11.8. The number of alkyl halides is 2. The molecule has 4 nitrogen and oxygen atoms in total. The Morgan fingerprint density at radius 2 is 2.07 bits per heavy atom. The second kappa shape index (κ2) is 4.50. The molecule has 0 aliphatic rings. The van der Waals surface area contributed by atoms with Crippen LogP contribution in [-0.4, -0.2) is 11.3 Å². The molecule has 0 fully saturated rings. The first-order valence-corrected chi connectivity index (χ1v) is 4.29. The summed E-state index contributed by atoms with van der Waals surface area (Å²) < 4.78 is 24.4. The standard InChI is InChI=1S/C8H7ClF2N2O2/c9-5-3-4(7(12)8(10)11)1-2-6(5)13(14)15/h1-3,7-8H,12H2. The molecule has 1 aromatic rings. The van der Waals surface area contributed by atoms with Crippen molar-refractivity contribution in [1.29, 1.82) is 0 Å². The molecular formula is C8H7ClF2N2O2. The Morgan fingerprint density at radius 1 is 1.47 bits per heavy atom. The first-order valence-electron chi connectivity index (χ1n) is 3.91. The van der Waals surface area contributed by atoms with Gasteiger partial charge in [0, 0.05) is 6.07 Å². The van der Waals surface area contributed by atoms with E-state index >= 15 is 0 Å². The van der Waals surface area contributed by atoms with Crippen LogP contribution in [0.5, 0.6) is 0 Å². The topological polar surface area (TPSA) is 69.2 Å². The monoisotopic (exact) mass is 236 g/mol. The average molecular weight is 237 g/mol. The van der Waals surface area contributed by atoms with E-state index in [1.807, 2.05) is 0 Å². The fraction of sp³-hybridized carbons (Fsp3) is 0.250. The SMILES string of the molecule is NC(c1ccc([N+](=O)[O-])c(Cl)c1)C(F)F. The van der Waals surface area contributed by atoms with Crippen molar-refractivity contribution in [2.24, 2.45) is 5.73 Å². The zero-order valence-electron chi connectivity index (χ0n) is 7.36. The van der Waals surface area contributed by atoms with Crippen molar-refractivity contribution in [3.8, 4) is 0 Å². The second-order valence-corrected chi connectivity index (χ2v) is 3.24. The Bertz CT molecular complexity index is 387. The normalized spacial score (nSPS) is 12.9. The number of nitro groups is 1. The maximum Gasteiger partial charge on any atom is 0.287 e. The zero-order chi connectivity index (χ0) is 11.6. The van der Waals surface area contributed by atoms with Crippen molar-refractivity contribution in [3.63, 3.8) is 0 Å². The molecule has 0 saturated carbocycles. The molecule has 0 aliphatic heterocycles. The molecule has 7 heteroatoms. The highest BCUT2D eigenvalue weighted by Gasteiger charge is 2.20. The fourth-order valence-corrected chi connectivity index (χ4v) is 1.28. The summed E-state index contributed by atoms with van der Waals surface area (Å²) in [5.74, 6) is 0. The summed E-state index contributed by atoms with van der Waals surface area (Å²) in [5, 5.41) is 10.2. The van der Waals surface area contributed by atoms with Crippen LogP contribution in [0.25, 0.3) is 0 Å². The van der Waals surface area contributed by atoms with E-state index in [0.29, 0.717) is 0 Å². The smallest absolute Gasteiger partial charge is 0.287 e. The fourth-order valence-electron chi connectivity index (χ4n) is 1.02. The van der Waals surface area contributed by atoms with Crippen molar-refractivity contribution >= 4 is 17.3 Å². The van der Waals surface area contributed by atoms with Gasteiger partial charge < -0.3 is 5.73 Å². The maximum atomic E-state index is 12.2. The van der Waals surface area contributed by atoms with Gasteiger partial charge >= 0.3 is 0 Å². The summed E-state index contributed by atoms with van der Waals surface area (Å²) >= 11 is 5.53. The van der Waals surface area contributed by atoms with Crippen molar-refractivity contribution in [2.75, 3.05) is 0 Å². The van der Waals surface area contributed by atoms with Gasteiger partial charge in [0.25, 0.3) is 12.1 Å². The lowest BCUT2D eigenvalue weighted by molar-refractivity contribution is -0.384. The van der Waals surface area contributed by atoms with Gasteiger partial charge in [0.1, 0.15) is 5.02 Å². The summed E-state index contributed by atoms with van der Waals surface area (Å²) in [6.07, 6.45) is -2.73. The van der Waals surface area contributed by atoms with Gasteiger partial charge in [-0.2, -0.15) is 0 Å². The molecule has 0 aliphatic carbocycles. The molecule has 0 radical (unpaired) electrons. The molecule has 0 amide bonds. The van der Waals surface area contributed by atoms with E-state index < -0.39 is 17.4 Å². The van der Waals surface area contributed by atoms with Crippen LogP contribution >= 0.6 is 11.6 Å². The van der Waals surface area contributed by atoms with Crippen molar-refractivity contribution < 1.29 is 13.7 Å². The van der Waals surface area contributed by atoms with E-state index in [1.165, 1.54) is 6.07 Å². The zero-order valence-corrected chi connectivity index (χ0v) is 8.12. The average Bonchev–Trinajstić information content (AvgIpc) is 2.15. The summed E-state index contributed by atoms with van der Waals surface area (Å²) in [7, 11) is 0. The molecule has 1 aromatic carbocycles. The highest BCUT2D eigenvalue weighted by atomic mass is 35.5. The number of nitrogens with two attached hydrogens (primary N) is 1. The predicted molar refractivity (Wildman–Crippen MR) is 51.0 cm³/mol. The molecule has 1 rings (SSSR count). The van der Waals surface area contributed by atoms with E-state index in [1.54, 1.807) is 0 Å². The van der Waals surface area contributed by atoms with Gasteiger partial charge in [-0.15, -0.1) is 0 Å². The van der Waals surface area contributed by atoms with E-state index in [9.17, 15) is 18.9 Å². The minimum atomic E-state index is -2.73. The lowest BCUT2D eigenvalue weighted by Gasteiger charge is -2.10. The third-order valence-electron chi connectivity index (χ3n) is 1.82. The number of hydrogen-bond donors (Lipinski definition) is 1. The molecule has 0 saturated heterocycles. The first-order chi connectivity index (χ1) is 6.93. The number of benzene rings is 1. The molecule has 0 heterocycles. The van der Waals surface area contributed by atoms with Gasteiger partial charge in [-0.1, -0.05) is 17.7 Å². The number of nitrogens with zero attached hydrogens (tertiary/aromatic N) is 1. The molecule has 0 spiro atoms. The third kappa shape index (κ3) is 2.60. The molecule has 0 bridgehead atoms. The quantitative estimate of drug-likeness (QED) is 0.648. The van der Waals surface area contributed by atoms with Crippen LogP contribution in [0.4, 0.5) is 14.5 Å². The number of halogens is 3. The van der Waals surface area contributed by atoms with Crippen LogP contribution in [0.3, 0.4) is 0 Å². The van der Waals surface area contributed by atoms with Crippen LogP contribution in [0.15, 0.2) is 18.2 Å². The minimum absolute atomic E-state index is 0.0700. The van der Waals surface area contributed by atoms with E-state index in [-0.39, 0.29) is 16.3 Å². The lowest BCUT2D eigenvalue weighted by atomic mass is 10.1. The molecule has 15 heavy (non-hydrogen) atoms. The Labute approximate surface area is 88.8 Å². The van der Waals surface area contributed by atoms with Gasteiger partial charge in [0.2, 0.25) is 0 Å². The van der Waals surface area contributed by atoms with Gasteiger partial charge in [0.05, 0.1) is 11.0 Å². The van der Waals surface area contributed by atoms with Crippen LogP contribution in [0, 0.1) is 10.1 Å². The molecule has 1 atom stereocenters. The second-order valence-electron chi connectivity index (χ2n) is 2.83. The van der Waals surface area contributed by atoms with E-state index in [4.69, 9.17) is 17.3 Å². The number of hydrogen-bond acceptors (Lipinski definition) is 3. The van der Waals surface area contributed by atoms with Crippen LogP contribution in [0.1, 0.15) is 11.6 Å². The molecular weight excluding hydrogens is 230 g/mol. The molecule has 2 N–H and O–H groups in total. The minimum Gasteiger partial charge on any atom is -0.319 e. The predicted octanol–water partition coefficient (Wildman–Crippen LogP) is 2.51. The summed E-state index contributed by atoms with van der Waals surface area (Å²) in [6, 6.07) is 1.82. The summed E-state index contributed by atoms with van der Waals surface area (Å²) in [6.45, 7) is 0. The Morgan fingerprint density at radius 3 is 2.47 bits per heavy atom. The van der Waals surface area contributed by atoms with Gasteiger partial charge in [0.15, 0.2) is 0 Å². The number of rotatable bonds is 3. The molecule has 0 aromatic heterocycles. The number of nitro benzene ring substituents is 1. The van der Waals surface area contributed by atoms with Crippen LogP contribution in [0.2, 0.25) is 5.02 Å².